The zero-order chi connectivity index (χ0) is 20.2. The zero-order valence-corrected chi connectivity index (χ0v) is 17.7. The van der Waals surface area contributed by atoms with Gasteiger partial charge in [-0.15, -0.1) is 12.4 Å². The number of hydrogen-bond acceptors (Lipinski definition) is 5. The fourth-order valence-corrected chi connectivity index (χ4v) is 3.84. The molecule has 0 radical (unpaired) electrons. The summed E-state index contributed by atoms with van der Waals surface area (Å²) in [5.41, 5.74) is 1.17. The first-order valence-electron chi connectivity index (χ1n) is 9.88. The summed E-state index contributed by atoms with van der Waals surface area (Å²) in [6.45, 7) is 3.72. The quantitative estimate of drug-likeness (QED) is 0.800. The molecule has 0 aromatic heterocycles. The van der Waals surface area contributed by atoms with Gasteiger partial charge >= 0.3 is 6.09 Å². The molecule has 2 bridgehead atoms. The molecule has 0 spiro atoms. The highest BCUT2D eigenvalue weighted by molar-refractivity contribution is 6.04. The van der Waals surface area contributed by atoms with E-state index in [2.05, 4.69) is 10.2 Å². The number of methoxy groups -OCH3 is 1. The third-order valence-electron chi connectivity index (χ3n) is 5.56. The topological polar surface area (TPSA) is 71.1 Å². The third-order valence-corrected chi connectivity index (χ3v) is 5.56. The Bertz CT molecular complexity index is 865. The predicted molar refractivity (Wildman–Crippen MR) is 117 cm³/mol. The normalized spacial score (nSPS) is 20.0. The number of amides is 2. The highest BCUT2D eigenvalue weighted by atomic mass is 35.5. The van der Waals surface area contributed by atoms with Crippen LogP contribution in [0.25, 0.3) is 0 Å². The summed E-state index contributed by atoms with van der Waals surface area (Å²) in [7, 11) is 1.58. The molecule has 3 fully saturated rings. The minimum atomic E-state index is -0.297. The minimum absolute atomic E-state index is 0. The molecule has 160 valence electrons. The molecular weight excluding hydrogens is 406 g/mol. The molecule has 2 aromatic rings. The van der Waals surface area contributed by atoms with E-state index in [4.69, 9.17) is 9.47 Å². The number of ether oxygens (including phenoxy) is 2. The Balaban J connectivity index is 0.00000256. The van der Waals surface area contributed by atoms with Gasteiger partial charge < -0.3 is 24.6 Å². The van der Waals surface area contributed by atoms with Crippen molar-refractivity contribution in [1.82, 2.24) is 9.80 Å². The van der Waals surface area contributed by atoms with E-state index in [-0.39, 0.29) is 30.4 Å². The molecule has 3 saturated heterocycles. The maximum atomic E-state index is 12.6. The lowest BCUT2D eigenvalue weighted by atomic mass is 10.1. The summed E-state index contributed by atoms with van der Waals surface area (Å²) in [4.78, 5) is 29.2. The van der Waals surface area contributed by atoms with Crippen LogP contribution in [0.2, 0.25) is 0 Å². The fraction of sp³-hybridized carbons (Fsp3) is 0.364. The first-order chi connectivity index (χ1) is 14.1. The van der Waals surface area contributed by atoms with Crippen molar-refractivity contribution in [1.29, 1.82) is 0 Å². The lowest BCUT2D eigenvalue weighted by Gasteiger charge is -2.30. The van der Waals surface area contributed by atoms with Crippen LogP contribution in [0.5, 0.6) is 11.5 Å². The maximum absolute atomic E-state index is 12.6. The number of fused-ring (bicyclic) bond motifs is 4. The Kier molecular flexibility index (Phi) is 7.18. The molecule has 30 heavy (non-hydrogen) atoms. The van der Waals surface area contributed by atoms with Gasteiger partial charge in [-0.25, -0.2) is 4.79 Å². The molecule has 2 amide bonds. The Hall–Kier alpha value is -2.77. The van der Waals surface area contributed by atoms with Gasteiger partial charge in [0.05, 0.1) is 7.11 Å². The van der Waals surface area contributed by atoms with Crippen molar-refractivity contribution in [3.8, 4) is 11.5 Å². The van der Waals surface area contributed by atoms with Crippen molar-refractivity contribution in [2.75, 3.05) is 38.6 Å². The number of carbonyl (C=O) groups is 2. The van der Waals surface area contributed by atoms with Gasteiger partial charge in [-0.1, -0.05) is 0 Å². The van der Waals surface area contributed by atoms with Gasteiger partial charge in [0.15, 0.2) is 0 Å². The second kappa shape index (κ2) is 9.82. The van der Waals surface area contributed by atoms with Crippen molar-refractivity contribution in [2.24, 2.45) is 0 Å². The van der Waals surface area contributed by atoms with E-state index in [0.29, 0.717) is 29.3 Å². The maximum Gasteiger partial charge on any atom is 0.415 e. The number of rotatable bonds is 4. The number of halogens is 1. The van der Waals surface area contributed by atoms with Gasteiger partial charge in [0, 0.05) is 43.5 Å². The summed E-state index contributed by atoms with van der Waals surface area (Å²) in [6.07, 6.45) is 1.71. The Morgan fingerprint density at radius 1 is 0.900 bits per heavy atom. The van der Waals surface area contributed by atoms with Gasteiger partial charge in [-0.2, -0.15) is 0 Å². The summed E-state index contributed by atoms with van der Waals surface area (Å²) in [5, 5.41) is 2.83. The van der Waals surface area contributed by atoms with Crippen LogP contribution in [-0.2, 0) is 0 Å². The van der Waals surface area contributed by atoms with Crippen LogP contribution in [0.4, 0.5) is 10.5 Å². The number of carbonyl (C=O) groups excluding carboxylic acids is 2. The molecule has 2 aromatic carbocycles. The number of piperidine rings is 1. The van der Waals surface area contributed by atoms with Crippen molar-refractivity contribution in [3.63, 3.8) is 0 Å². The number of anilines is 1. The predicted octanol–water partition coefficient (Wildman–Crippen LogP) is 3.65. The van der Waals surface area contributed by atoms with Gasteiger partial charge in [0.2, 0.25) is 0 Å². The number of hydrogen-bond donors (Lipinski definition) is 1. The first-order valence-corrected chi connectivity index (χ1v) is 9.88. The second-order valence-corrected chi connectivity index (χ2v) is 7.34. The van der Waals surface area contributed by atoms with Crippen LogP contribution in [-0.4, -0.2) is 61.1 Å². The molecule has 0 aliphatic carbocycles. The fourth-order valence-electron chi connectivity index (χ4n) is 3.84. The third kappa shape index (κ3) is 5.04. The molecule has 5 rings (SSSR count). The van der Waals surface area contributed by atoms with Gasteiger partial charge in [0.1, 0.15) is 11.5 Å². The number of nitrogens with one attached hydrogen (secondary N) is 1. The van der Waals surface area contributed by atoms with Gasteiger partial charge in [-0.3, -0.25) is 4.79 Å². The van der Waals surface area contributed by atoms with Crippen molar-refractivity contribution < 1.29 is 19.1 Å². The smallest absolute Gasteiger partial charge is 0.415 e. The highest BCUT2D eigenvalue weighted by Crippen LogP contribution is 2.23. The molecule has 3 aliphatic rings. The van der Waals surface area contributed by atoms with E-state index in [1.165, 1.54) is 0 Å². The van der Waals surface area contributed by atoms with Crippen LogP contribution in [0.1, 0.15) is 23.2 Å². The van der Waals surface area contributed by atoms with Crippen LogP contribution in [0.15, 0.2) is 48.5 Å². The van der Waals surface area contributed by atoms with E-state index < -0.39 is 0 Å². The average Bonchev–Trinajstić information content (AvgIpc) is 3.09. The molecule has 3 aliphatic heterocycles. The molecule has 1 N–H and O–H groups in total. The Morgan fingerprint density at radius 2 is 1.53 bits per heavy atom. The van der Waals surface area contributed by atoms with Gasteiger partial charge in [0.25, 0.3) is 5.91 Å². The second-order valence-electron chi connectivity index (χ2n) is 7.34. The summed E-state index contributed by atoms with van der Waals surface area (Å²) in [5.74, 6) is 0.951. The number of nitrogens with zero attached hydrogens (tertiary/aromatic N) is 2. The van der Waals surface area contributed by atoms with E-state index in [1.807, 2.05) is 4.90 Å². The van der Waals surface area contributed by atoms with E-state index in [9.17, 15) is 9.59 Å². The molecule has 3 heterocycles. The van der Waals surface area contributed by atoms with Crippen molar-refractivity contribution in [2.45, 2.75) is 18.9 Å². The SMILES string of the molecule is COc1ccc(C(=O)Nc2ccc(OC(=O)N3CCN4CCC3CC4)cc2)cc1.Cl. The lowest BCUT2D eigenvalue weighted by Crippen LogP contribution is -2.43. The standard InChI is InChI=1S/C22H25N3O4.ClH/c1-28-19-6-2-16(3-7-19)21(26)23-17-4-8-20(9-5-17)29-22(27)25-15-14-24-12-10-18(25)11-13-24;/h2-9,18H,10-15H2,1H3,(H,23,26);1H. The average molecular weight is 432 g/mol. The number of benzene rings is 2. The van der Waals surface area contributed by atoms with E-state index >= 15 is 0 Å². The lowest BCUT2D eigenvalue weighted by molar-refractivity contribution is 0.102. The molecule has 8 heteroatoms. The monoisotopic (exact) mass is 431 g/mol. The van der Waals surface area contributed by atoms with Crippen LogP contribution >= 0.6 is 12.4 Å². The van der Waals surface area contributed by atoms with E-state index in [0.717, 1.165) is 32.5 Å². The molecule has 0 atom stereocenters. The molecular formula is C22H26ClN3O4. The molecule has 7 nitrogen and oxygen atoms in total. The highest BCUT2D eigenvalue weighted by Gasteiger charge is 2.32. The summed E-state index contributed by atoms with van der Waals surface area (Å²) >= 11 is 0. The molecule has 0 saturated carbocycles. The zero-order valence-electron chi connectivity index (χ0n) is 16.9. The Labute approximate surface area is 182 Å². The van der Waals surface area contributed by atoms with E-state index in [1.54, 1.807) is 55.6 Å². The minimum Gasteiger partial charge on any atom is -0.497 e. The largest absolute Gasteiger partial charge is 0.497 e. The summed E-state index contributed by atoms with van der Waals surface area (Å²) in [6, 6.07) is 14.0. The van der Waals surface area contributed by atoms with Crippen LogP contribution < -0.4 is 14.8 Å². The molecule has 0 unspecified atom stereocenters. The van der Waals surface area contributed by atoms with Crippen molar-refractivity contribution >= 4 is 30.1 Å². The Morgan fingerprint density at radius 3 is 2.17 bits per heavy atom. The van der Waals surface area contributed by atoms with Crippen LogP contribution in [0, 0.1) is 0 Å². The first kappa shape index (κ1) is 21.9. The van der Waals surface area contributed by atoms with Crippen LogP contribution in [0.3, 0.4) is 0 Å². The van der Waals surface area contributed by atoms with Crippen molar-refractivity contribution in [3.05, 3.63) is 54.1 Å². The van der Waals surface area contributed by atoms with Gasteiger partial charge in [-0.05, 0) is 61.4 Å². The summed E-state index contributed by atoms with van der Waals surface area (Å²) < 4.78 is 10.7.